The zero-order chi connectivity index (χ0) is 23.3. The van der Waals surface area contributed by atoms with Crippen molar-refractivity contribution in [2.24, 2.45) is 5.92 Å². The molecule has 1 aliphatic heterocycles. The average molecular weight is 447 g/mol. The zero-order valence-corrected chi connectivity index (χ0v) is 20.4. The SMILES string of the molecule is CC.CCOC(=O)Nc1cnc(N2CCCC(CCN(C=O)C3CCCCC3)C2)cc1C. The first kappa shape index (κ1) is 25.9. The summed E-state index contributed by atoms with van der Waals surface area (Å²) in [5.41, 5.74) is 1.65. The summed E-state index contributed by atoms with van der Waals surface area (Å²) in [6, 6.07) is 2.48. The third-order valence-electron chi connectivity index (χ3n) is 6.43. The van der Waals surface area contributed by atoms with E-state index in [-0.39, 0.29) is 0 Å². The lowest BCUT2D eigenvalue weighted by Gasteiger charge is -2.36. The number of carbonyl (C=O) groups excluding carboxylic acids is 2. The Hall–Kier alpha value is -2.31. The van der Waals surface area contributed by atoms with Gasteiger partial charge in [0, 0.05) is 25.7 Å². The first-order chi connectivity index (χ1) is 15.6. The number of aromatic nitrogens is 1. The van der Waals surface area contributed by atoms with Crippen molar-refractivity contribution in [1.29, 1.82) is 0 Å². The van der Waals surface area contributed by atoms with Gasteiger partial charge in [0.15, 0.2) is 0 Å². The Labute approximate surface area is 193 Å². The van der Waals surface area contributed by atoms with E-state index in [2.05, 4.69) is 20.1 Å². The Morgan fingerprint density at radius 3 is 2.66 bits per heavy atom. The summed E-state index contributed by atoms with van der Waals surface area (Å²) in [5.74, 6) is 1.52. The van der Waals surface area contributed by atoms with Crippen molar-refractivity contribution in [1.82, 2.24) is 9.88 Å². The highest BCUT2D eigenvalue weighted by atomic mass is 16.5. The van der Waals surface area contributed by atoms with Gasteiger partial charge in [-0.05, 0) is 63.5 Å². The summed E-state index contributed by atoms with van der Waals surface area (Å²) in [4.78, 5) is 32.2. The normalized spacial score (nSPS) is 18.9. The van der Waals surface area contributed by atoms with E-state index in [1.54, 1.807) is 13.1 Å². The summed E-state index contributed by atoms with van der Waals surface area (Å²) in [5, 5.41) is 2.74. The monoisotopic (exact) mass is 446 g/mol. The van der Waals surface area contributed by atoms with Gasteiger partial charge in [-0.1, -0.05) is 33.1 Å². The van der Waals surface area contributed by atoms with Crippen LogP contribution in [0.25, 0.3) is 0 Å². The summed E-state index contributed by atoms with van der Waals surface area (Å²) in [7, 11) is 0. The van der Waals surface area contributed by atoms with Gasteiger partial charge >= 0.3 is 6.09 Å². The largest absolute Gasteiger partial charge is 0.450 e. The highest BCUT2D eigenvalue weighted by Crippen LogP contribution is 2.28. The Morgan fingerprint density at radius 2 is 2.00 bits per heavy atom. The Bertz CT molecular complexity index is 706. The summed E-state index contributed by atoms with van der Waals surface area (Å²) >= 11 is 0. The lowest BCUT2D eigenvalue weighted by Crippen LogP contribution is -2.40. The molecule has 0 radical (unpaired) electrons. The van der Waals surface area contributed by atoms with E-state index in [0.717, 1.165) is 63.1 Å². The number of pyridine rings is 1. The highest BCUT2D eigenvalue weighted by molar-refractivity contribution is 5.85. The van der Waals surface area contributed by atoms with Gasteiger partial charge in [0.1, 0.15) is 5.82 Å². The molecule has 2 fully saturated rings. The third-order valence-corrected chi connectivity index (χ3v) is 6.43. The number of ether oxygens (including phenoxy) is 1. The molecule has 1 unspecified atom stereocenters. The molecule has 0 bridgehead atoms. The van der Waals surface area contributed by atoms with E-state index in [4.69, 9.17) is 4.74 Å². The molecule has 7 nitrogen and oxygen atoms in total. The molecule has 1 saturated carbocycles. The average Bonchev–Trinajstić information content (AvgIpc) is 2.83. The van der Waals surface area contributed by atoms with E-state index in [0.29, 0.717) is 24.3 Å². The number of hydrogen-bond acceptors (Lipinski definition) is 5. The van der Waals surface area contributed by atoms with Crippen LogP contribution in [0.4, 0.5) is 16.3 Å². The molecule has 7 heteroatoms. The molecule has 0 aromatic carbocycles. The minimum atomic E-state index is -0.453. The van der Waals surface area contributed by atoms with Crippen molar-refractivity contribution < 1.29 is 14.3 Å². The van der Waals surface area contributed by atoms with Crippen LogP contribution >= 0.6 is 0 Å². The topological polar surface area (TPSA) is 74.8 Å². The maximum absolute atomic E-state index is 11.7. The Morgan fingerprint density at radius 1 is 1.25 bits per heavy atom. The second-order valence-corrected chi connectivity index (χ2v) is 8.58. The molecule has 1 aliphatic carbocycles. The van der Waals surface area contributed by atoms with Crippen LogP contribution in [-0.4, -0.2) is 54.7 Å². The fourth-order valence-corrected chi connectivity index (χ4v) is 4.70. The smallest absolute Gasteiger partial charge is 0.411 e. The van der Waals surface area contributed by atoms with E-state index < -0.39 is 6.09 Å². The first-order valence-electron chi connectivity index (χ1n) is 12.5. The highest BCUT2D eigenvalue weighted by Gasteiger charge is 2.24. The Balaban J connectivity index is 0.00000176. The van der Waals surface area contributed by atoms with Gasteiger partial charge in [-0.2, -0.15) is 0 Å². The molecule has 1 aromatic heterocycles. The summed E-state index contributed by atoms with van der Waals surface area (Å²) in [6.07, 6.45) is 11.8. The maximum atomic E-state index is 11.7. The van der Waals surface area contributed by atoms with Crippen LogP contribution in [0.15, 0.2) is 12.3 Å². The number of anilines is 2. The van der Waals surface area contributed by atoms with Gasteiger partial charge in [-0.15, -0.1) is 0 Å². The van der Waals surface area contributed by atoms with Crippen molar-refractivity contribution in [2.45, 2.75) is 85.1 Å². The predicted molar refractivity (Wildman–Crippen MR) is 130 cm³/mol. The molecule has 0 spiro atoms. The number of amides is 2. The molecule has 1 atom stereocenters. The fourth-order valence-electron chi connectivity index (χ4n) is 4.70. The number of hydrogen-bond donors (Lipinski definition) is 1. The molecule has 180 valence electrons. The first-order valence-corrected chi connectivity index (χ1v) is 12.5. The number of rotatable bonds is 8. The molecule has 32 heavy (non-hydrogen) atoms. The molecule has 2 amide bonds. The lowest BCUT2D eigenvalue weighted by atomic mass is 9.92. The summed E-state index contributed by atoms with van der Waals surface area (Å²) < 4.78 is 4.94. The molecule has 2 aliphatic rings. The van der Waals surface area contributed by atoms with Crippen LogP contribution in [-0.2, 0) is 9.53 Å². The van der Waals surface area contributed by atoms with Crippen LogP contribution in [0.3, 0.4) is 0 Å². The van der Waals surface area contributed by atoms with E-state index in [9.17, 15) is 9.59 Å². The quantitative estimate of drug-likeness (QED) is 0.543. The van der Waals surface area contributed by atoms with Crippen molar-refractivity contribution >= 4 is 24.0 Å². The molecular formula is C25H42N4O3. The predicted octanol–water partition coefficient (Wildman–Crippen LogP) is 5.38. The van der Waals surface area contributed by atoms with Crippen LogP contribution < -0.4 is 10.2 Å². The van der Waals surface area contributed by atoms with Crippen LogP contribution in [0.1, 0.15) is 77.7 Å². The van der Waals surface area contributed by atoms with Gasteiger partial charge in [-0.25, -0.2) is 9.78 Å². The molecule has 3 rings (SSSR count). The van der Waals surface area contributed by atoms with Crippen molar-refractivity contribution in [3.63, 3.8) is 0 Å². The van der Waals surface area contributed by atoms with Crippen LogP contribution in [0.5, 0.6) is 0 Å². The second-order valence-electron chi connectivity index (χ2n) is 8.58. The third kappa shape index (κ3) is 7.68. The number of nitrogens with one attached hydrogen (secondary N) is 1. The molecule has 2 heterocycles. The van der Waals surface area contributed by atoms with Gasteiger partial charge in [0.25, 0.3) is 0 Å². The minimum Gasteiger partial charge on any atom is -0.450 e. The molecule has 1 aromatic rings. The van der Waals surface area contributed by atoms with Crippen molar-refractivity contribution in [2.75, 3.05) is 36.5 Å². The molecular weight excluding hydrogens is 404 g/mol. The maximum Gasteiger partial charge on any atom is 0.411 e. The van der Waals surface area contributed by atoms with E-state index in [1.165, 1.54) is 25.7 Å². The molecule has 1 saturated heterocycles. The minimum absolute atomic E-state index is 0.341. The lowest BCUT2D eigenvalue weighted by molar-refractivity contribution is -0.121. The number of aryl methyl sites for hydroxylation is 1. The van der Waals surface area contributed by atoms with Crippen LogP contribution in [0, 0.1) is 12.8 Å². The van der Waals surface area contributed by atoms with Gasteiger partial charge < -0.3 is 14.5 Å². The van der Waals surface area contributed by atoms with Crippen molar-refractivity contribution in [3.8, 4) is 0 Å². The summed E-state index contributed by atoms with van der Waals surface area (Å²) in [6.45, 7) is 10.9. The number of nitrogens with zero attached hydrogens (tertiary/aromatic N) is 3. The van der Waals surface area contributed by atoms with Crippen LogP contribution in [0.2, 0.25) is 0 Å². The second kappa shape index (κ2) is 14.0. The zero-order valence-electron chi connectivity index (χ0n) is 20.4. The van der Waals surface area contributed by atoms with Crippen molar-refractivity contribution in [3.05, 3.63) is 17.8 Å². The number of piperidine rings is 1. The number of carbonyl (C=O) groups is 2. The van der Waals surface area contributed by atoms with Gasteiger partial charge in [0.05, 0.1) is 18.5 Å². The fraction of sp³-hybridized carbons (Fsp3) is 0.720. The van der Waals surface area contributed by atoms with Gasteiger partial charge in [-0.3, -0.25) is 10.1 Å². The Kier molecular flexibility index (Phi) is 11.3. The standard InChI is InChI=1S/C23H36N4O3.C2H6/c1-3-30-23(29)25-21-15-24-22(14-18(21)2)26-12-7-8-19(16-26)11-13-27(17-28)20-9-5-4-6-10-20;1-2/h14-15,17,19-20H,3-13,16H2,1-2H3,(H,25,29);1-2H3. The van der Waals surface area contributed by atoms with E-state index >= 15 is 0 Å². The van der Waals surface area contributed by atoms with Gasteiger partial charge in [0.2, 0.25) is 6.41 Å². The van der Waals surface area contributed by atoms with E-state index in [1.807, 2.05) is 26.8 Å². The molecule has 1 N–H and O–H groups in total.